The Hall–Kier alpha value is -4.68. The molecule has 0 heterocycles. The highest BCUT2D eigenvalue weighted by Gasteiger charge is 2.28. The van der Waals surface area contributed by atoms with Crippen LogP contribution in [0.2, 0.25) is 0 Å². The topological polar surface area (TPSA) is 0 Å². The molecule has 6 rings (SSSR count). The van der Waals surface area contributed by atoms with E-state index in [1.54, 1.807) is 0 Å². The zero-order valence-electron chi connectivity index (χ0n) is 44.4. The molecule has 0 bridgehead atoms. The van der Waals surface area contributed by atoms with Crippen molar-refractivity contribution in [2.45, 2.75) is 209 Å². The van der Waals surface area contributed by atoms with Gasteiger partial charge in [-0.05, 0) is 209 Å². The van der Waals surface area contributed by atoms with Crippen molar-refractivity contribution in [1.29, 1.82) is 0 Å². The van der Waals surface area contributed by atoms with Gasteiger partial charge in [0.1, 0.15) is 0 Å². The molecule has 6 aromatic carbocycles. The Labute approximate surface area is 416 Å². The van der Waals surface area contributed by atoms with Crippen LogP contribution >= 0.6 is 0 Å². The molecule has 6 aromatic rings. The van der Waals surface area contributed by atoms with Gasteiger partial charge in [0.15, 0.2) is 0 Å². The van der Waals surface area contributed by atoms with Gasteiger partial charge in [-0.2, -0.15) is 0 Å². The quantitative estimate of drug-likeness (QED) is 0.0440. The van der Waals surface area contributed by atoms with Gasteiger partial charge in [-0.1, -0.05) is 210 Å². The van der Waals surface area contributed by atoms with Gasteiger partial charge < -0.3 is 0 Å². The Bertz CT molecular complexity index is 2440. The number of rotatable bonds is 29. The summed E-state index contributed by atoms with van der Waals surface area (Å²) in [6, 6.07) is 45.0. The predicted octanol–water partition coefficient (Wildman–Crippen LogP) is 20.8. The Morgan fingerprint density at radius 1 is 0.235 bits per heavy atom. The van der Waals surface area contributed by atoms with Gasteiger partial charge in [-0.25, -0.2) is 0 Å². The zero-order chi connectivity index (χ0) is 48.1. The van der Waals surface area contributed by atoms with Crippen LogP contribution in [0.25, 0.3) is 55.6 Å². The molecule has 68 heavy (non-hydrogen) atoms. The maximum absolute atomic E-state index is 2.71. The Balaban J connectivity index is 1.91. The van der Waals surface area contributed by atoms with Gasteiger partial charge in [0, 0.05) is 0 Å². The van der Waals surface area contributed by atoms with Crippen molar-refractivity contribution in [1.82, 2.24) is 0 Å². The zero-order valence-corrected chi connectivity index (χ0v) is 44.4. The lowest BCUT2D eigenvalue weighted by Crippen LogP contribution is -2.05. The van der Waals surface area contributed by atoms with E-state index in [9.17, 15) is 0 Å². The van der Waals surface area contributed by atoms with Crippen molar-refractivity contribution in [2.75, 3.05) is 0 Å². The first-order valence-corrected chi connectivity index (χ1v) is 28.2. The van der Waals surface area contributed by atoms with Gasteiger partial charge in [0.25, 0.3) is 0 Å². The highest BCUT2D eigenvalue weighted by atomic mass is 14.3. The highest BCUT2D eigenvalue weighted by Crippen LogP contribution is 2.53. The van der Waals surface area contributed by atoms with E-state index in [1.807, 2.05) is 0 Å². The van der Waals surface area contributed by atoms with Crippen molar-refractivity contribution < 1.29 is 0 Å². The van der Waals surface area contributed by atoms with E-state index in [0.717, 1.165) is 51.4 Å². The van der Waals surface area contributed by atoms with Crippen molar-refractivity contribution in [3.63, 3.8) is 0 Å². The Kier molecular flexibility index (Phi) is 21.8. The van der Waals surface area contributed by atoms with Crippen LogP contribution in [0.5, 0.6) is 0 Å². The molecule has 0 N–H and O–H groups in total. The number of hydrogen-bond donors (Lipinski definition) is 0. The maximum Gasteiger partial charge on any atom is -0.00114 e. The standard InChI is InChI=1S/C68H90/c1-9-17-28-51-38-42-60(56(46-51)32-21-13-5)64-50-65(61-43-39-52(29-18-10-2)47-57(61)33-22-14-6)67(62-44-40-53(30-19-11-3)48-58(62)34-23-15-7)68(66(64)55-36-26-25-27-37-55)63-45-41-54(31-20-12-4)49-59(63)35-24-16-8/h25-27,36-50H,9-24,28-35H2,1-8H3. The minimum absolute atomic E-state index is 1.08. The van der Waals surface area contributed by atoms with Crippen LogP contribution in [0, 0.1) is 0 Å². The third-order valence-electron chi connectivity index (χ3n) is 14.7. The van der Waals surface area contributed by atoms with Gasteiger partial charge >= 0.3 is 0 Å². The molecular weight excluding hydrogens is 817 g/mol. The van der Waals surface area contributed by atoms with E-state index in [4.69, 9.17) is 0 Å². The molecule has 0 aliphatic rings. The smallest absolute Gasteiger partial charge is 0.00114 e. The monoisotopic (exact) mass is 907 g/mol. The molecule has 0 atom stereocenters. The van der Waals surface area contributed by atoms with E-state index >= 15 is 0 Å². The van der Waals surface area contributed by atoms with Gasteiger partial charge in [0.2, 0.25) is 0 Å². The third-order valence-corrected chi connectivity index (χ3v) is 14.7. The minimum Gasteiger partial charge on any atom is -0.0654 e. The Morgan fingerprint density at radius 2 is 0.529 bits per heavy atom. The summed E-state index contributed by atoms with van der Waals surface area (Å²) >= 11 is 0. The van der Waals surface area contributed by atoms with Crippen LogP contribution in [0.15, 0.2) is 109 Å². The SMILES string of the molecule is CCCCc1ccc(-c2cc(-c3ccc(CCCC)cc3CCCC)c(-c3ccc(CCCC)cc3CCCC)c(-c3ccc(CCCC)cc3CCCC)c2-c2ccccc2)c(CCCC)c1. The fourth-order valence-electron chi connectivity index (χ4n) is 10.6. The lowest BCUT2D eigenvalue weighted by Gasteiger charge is -2.29. The second-order valence-corrected chi connectivity index (χ2v) is 20.3. The lowest BCUT2D eigenvalue weighted by atomic mass is 9.74. The fraction of sp³-hybridized carbons (Fsp3) is 0.471. The second-order valence-electron chi connectivity index (χ2n) is 20.3. The van der Waals surface area contributed by atoms with Crippen LogP contribution in [-0.4, -0.2) is 0 Å². The molecule has 0 radical (unpaired) electrons. The molecule has 0 aliphatic carbocycles. The molecule has 0 heteroatoms. The average Bonchev–Trinajstić information content (AvgIpc) is 3.38. The molecule has 0 unspecified atom stereocenters. The summed E-state index contributed by atoms with van der Waals surface area (Å²) in [5.41, 5.74) is 26.1. The summed E-state index contributed by atoms with van der Waals surface area (Å²) in [4.78, 5) is 0. The van der Waals surface area contributed by atoms with Crippen molar-refractivity contribution in [3.8, 4) is 55.6 Å². The van der Waals surface area contributed by atoms with Crippen LogP contribution in [-0.2, 0) is 51.4 Å². The molecule has 0 spiro atoms. The van der Waals surface area contributed by atoms with E-state index < -0.39 is 0 Å². The van der Waals surface area contributed by atoms with Crippen molar-refractivity contribution in [3.05, 3.63) is 154 Å². The van der Waals surface area contributed by atoms with Gasteiger partial charge in [-0.3, -0.25) is 0 Å². The van der Waals surface area contributed by atoms with Crippen molar-refractivity contribution in [2.24, 2.45) is 0 Å². The first-order valence-electron chi connectivity index (χ1n) is 28.2. The molecule has 0 amide bonds. The third kappa shape index (κ3) is 13.8. The van der Waals surface area contributed by atoms with Gasteiger partial charge in [0.05, 0.1) is 0 Å². The summed E-state index contributed by atoms with van der Waals surface area (Å²) in [5.74, 6) is 0. The molecule has 362 valence electrons. The number of aryl methyl sites for hydroxylation is 8. The lowest BCUT2D eigenvalue weighted by molar-refractivity contribution is 0.780. The first kappa shape index (κ1) is 52.7. The maximum atomic E-state index is 2.71. The van der Waals surface area contributed by atoms with Crippen molar-refractivity contribution >= 4 is 0 Å². The summed E-state index contributed by atoms with van der Waals surface area (Å²) < 4.78 is 0. The van der Waals surface area contributed by atoms with Crippen LogP contribution in [0.4, 0.5) is 0 Å². The predicted molar refractivity (Wildman–Crippen MR) is 303 cm³/mol. The largest absolute Gasteiger partial charge is 0.0654 e. The second kappa shape index (κ2) is 28.1. The molecule has 0 fully saturated rings. The molecule has 0 saturated carbocycles. The first-order chi connectivity index (χ1) is 33.4. The van der Waals surface area contributed by atoms with E-state index in [2.05, 4.69) is 165 Å². The Morgan fingerprint density at radius 3 is 0.882 bits per heavy atom. The molecule has 0 saturated heterocycles. The fourth-order valence-corrected chi connectivity index (χ4v) is 10.6. The number of unbranched alkanes of at least 4 members (excludes halogenated alkanes) is 8. The van der Waals surface area contributed by atoms with Gasteiger partial charge in [-0.15, -0.1) is 0 Å². The number of hydrogen-bond acceptors (Lipinski definition) is 0. The minimum atomic E-state index is 1.08. The molecule has 0 nitrogen and oxygen atoms in total. The van der Waals surface area contributed by atoms with E-state index in [1.165, 1.54) is 203 Å². The molecular formula is C68H90. The summed E-state index contributed by atoms with van der Waals surface area (Å²) in [6.07, 6.45) is 28.2. The molecule has 0 aliphatic heterocycles. The molecule has 0 aromatic heterocycles. The van der Waals surface area contributed by atoms with E-state index in [0.29, 0.717) is 0 Å². The normalized spacial score (nSPS) is 11.5. The summed E-state index contributed by atoms with van der Waals surface area (Å²) in [6.45, 7) is 18.8. The van der Waals surface area contributed by atoms with E-state index in [-0.39, 0.29) is 0 Å². The highest BCUT2D eigenvalue weighted by molar-refractivity contribution is 6.09. The van der Waals surface area contributed by atoms with Crippen LogP contribution in [0.1, 0.15) is 203 Å². The summed E-state index contributed by atoms with van der Waals surface area (Å²) in [5, 5.41) is 0. The average molecular weight is 907 g/mol. The summed E-state index contributed by atoms with van der Waals surface area (Å²) in [7, 11) is 0. The number of benzene rings is 6. The van der Waals surface area contributed by atoms with Crippen LogP contribution < -0.4 is 0 Å². The van der Waals surface area contributed by atoms with Crippen LogP contribution in [0.3, 0.4) is 0 Å².